The molecule has 1 heterocycles. The summed E-state index contributed by atoms with van der Waals surface area (Å²) in [5.41, 5.74) is 3.60. The number of hydrogen-bond donors (Lipinski definition) is 0. The van der Waals surface area contributed by atoms with Gasteiger partial charge < -0.3 is 4.90 Å². The maximum Gasteiger partial charge on any atom is 0.231 e. The van der Waals surface area contributed by atoms with E-state index in [4.69, 9.17) is 0 Å². The van der Waals surface area contributed by atoms with Gasteiger partial charge in [-0.2, -0.15) is 0 Å². The van der Waals surface area contributed by atoms with Crippen LogP contribution in [0.25, 0.3) is 0 Å². The Hall–Kier alpha value is -1.31. The third-order valence-electron chi connectivity index (χ3n) is 3.03. The number of fused-ring (bicyclic) bond motifs is 1. The first kappa shape index (κ1) is 10.2. The van der Waals surface area contributed by atoms with Crippen molar-refractivity contribution in [3.05, 3.63) is 29.3 Å². The second kappa shape index (κ2) is 3.69. The van der Waals surface area contributed by atoms with E-state index in [1.807, 2.05) is 11.8 Å². The van der Waals surface area contributed by atoms with Crippen LogP contribution in [0.2, 0.25) is 0 Å². The monoisotopic (exact) mass is 203 g/mol. The van der Waals surface area contributed by atoms with Crippen molar-refractivity contribution in [1.29, 1.82) is 0 Å². The predicted octanol–water partition coefficient (Wildman–Crippen LogP) is 2.72. The van der Waals surface area contributed by atoms with E-state index in [0.717, 1.165) is 12.2 Å². The molecular weight excluding hydrogens is 186 g/mol. The molecule has 0 saturated carbocycles. The van der Waals surface area contributed by atoms with Crippen molar-refractivity contribution >= 4 is 11.6 Å². The number of benzene rings is 1. The first-order valence-electron chi connectivity index (χ1n) is 5.56. The summed E-state index contributed by atoms with van der Waals surface area (Å²) >= 11 is 0. The number of anilines is 1. The highest BCUT2D eigenvalue weighted by Gasteiger charge is 2.25. The fraction of sp³-hybridized carbons (Fsp3) is 0.462. The average Bonchev–Trinajstić information content (AvgIpc) is 2.51. The first-order chi connectivity index (χ1) is 7.13. The van der Waals surface area contributed by atoms with E-state index in [1.165, 1.54) is 11.1 Å². The number of carbonyl (C=O) groups is 1. The van der Waals surface area contributed by atoms with Crippen molar-refractivity contribution in [3.63, 3.8) is 0 Å². The van der Waals surface area contributed by atoms with Crippen molar-refractivity contribution < 1.29 is 4.79 Å². The highest BCUT2D eigenvalue weighted by molar-refractivity contribution is 6.01. The van der Waals surface area contributed by atoms with Crippen LogP contribution in [0.5, 0.6) is 0 Å². The molecule has 0 bridgehead atoms. The lowest BCUT2D eigenvalue weighted by Crippen LogP contribution is -2.25. The average molecular weight is 203 g/mol. The molecule has 0 N–H and O–H groups in total. The smallest absolute Gasteiger partial charge is 0.231 e. The predicted molar refractivity (Wildman–Crippen MR) is 62.3 cm³/mol. The summed E-state index contributed by atoms with van der Waals surface area (Å²) in [5.74, 6) is 0.748. The molecule has 0 radical (unpaired) electrons. The van der Waals surface area contributed by atoms with Gasteiger partial charge in [-0.25, -0.2) is 0 Å². The van der Waals surface area contributed by atoms with Gasteiger partial charge in [-0.05, 0) is 30.0 Å². The van der Waals surface area contributed by atoms with Crippen molar-refractivity contribution in [2.45, 2.75) is 33.1 Å². The summed E-state index contributed by atoms with van der Waals surface area (Å²) in [4.78, 5) is 13.5. The molecule has 1 aromatic carbocycles. The third kappa shape index (κ3) is 1.65. The molecular formula is C13H17NO. The molecule has 2 rings (SSSR count). The third-order valence-corrected chi connectivity index (χ3v) is 3.03. The minimum atomic E-state index is 0.230. The highest BCUT2D eigenvalue weighted by Crippen LogP contribution is 2.31. The molecule has 1 amide bonds. The van der Waals surface area contributed by atoms with Crippen LogP contribution >= 0.6 is 0 Å². The highest BCUT2D eigenvalue weighted by atomic mass is 16.2. The number of nitrogens with zero attached hydrogens (tertiary/aromatic N) is 1. The van der Waals surface area contributed by atoms with E-state index in [-0.39, 0.29) is 5.91 Å². The second-order valence-electron chi connectivity index (χ2n) is 4.36. The summed E-state index contributed by atoms with van der Waals surface area (Å²) in [5, 5.41) is 0. The Bertz CT molecular complexity index is 396. The normalized spacial score (nSPS) is 14.9. The summed E-state index contributed by atoms with van der Waals surface area (Å²) < 4.78 is 0. The lowest BCUT2D eigenvalue weighted by molar-refractivity contribution is -0.117. The Balaban J connectivity index is 2.44. The van der Waals surface area contributed by atoms with Crippen LogP contribution in [-0.4, -0.2) is 12.5 Å². The Morgan fingerprint density at radius 3 is 2.73 bits per heavy atom. The number of carbonyl (C=O) groups excluding carboxylic acids is 1. The Labute approximate surface area is 90.9 Å². The lowest BCUT2D eigenvalue weighted by Gasteiger charge is -2.16. The van der Waals surface area contributed by atoms with Crippen molar-refractivity contribution in [1.82, 2.24) is 0 Å². The van der Waals surface area contributed by atoms with Gasteiger partial charge in [0.2, 0.25) is 5.91 Å². The molecule has 80 valence electrons. The van der Waals surface area contributed by atoms with Crippen LogP contribution in [0.4, 0.5) is 5.69 Å². The Morgan fingerprint density at radius 1 is 1.40 bits per heavy atom. The first-order valence-corrected chi connectivity index (χ1v) is 5.56. The van der Waals surface area contributed by atoms with Crippen LogP contribution < -0.4 is 4.90 Å². The minimum absolute atomic E-state index is 0.230. The van der Waals surface area contributed by atoms with Gasteiger partial charge in [-0.3, -0.25) is 4.79 Å². The van der Waals surface area contributed by atoms with E-state index < -0.39 is 0 Å². The summed E-state index contributed by atoms with van der Waals surface area (Å²) in [6.07, 6.45) is 0.571. The summed E-state index contributed by atoms with van der Waals surface area (Å²) in [6.45, 7) is 7.14. The zero-order chi connectivity index (χ0) is 11.0. The molecule has 0 atom stereocenters. The number of hydrogen-bond acceptors (Lipinski definition) is 1. The molecule has 1 aliphatic heterocycles. The quantitative estimate of drug-likeness (QED) is 0.723. The lowest BCUT2D eigenvalue weighted by atomic mass is 10.0. The van der Waals surface area contributed by atoms with Gasteiger partial charge in [0.05, 0.1) is 6.42 Å². The van der Waals surface area contributed by atoms with Crippen molar-refractivity contribution in [2.75, 3.05) is 11.4 Å². The van der Waals surface area contributed by atoms with Crippen LogP contribution in [0.3, 0.4) is 0 Å². The number of rotatable bonds is 2. The Morgan fingerprint density at radius 2 is 2.13 bits per heavy atom. The molecule has 0 saturated heterocycles. The number of likely N-dealkylation sites (N-methyl/N-ethyl adjacent to an activating group) is 1. The molecule has 0 aromatic heterocycles. The van der Waals surface area contributed by atoms with Gasteiger partial charge in [0, 0.05) is 12.2 Å². The van der Waals surface area contributed by atoms with E-state index in [1.54, 1.807) is 0 Å². The molecule has 0 spiro atoms. The van der Waals surface area contributed by atoms with Gasteiger partial charge in [-0.15, -0.1) is 0 Å². The fourth-order valence-electron chi connectivity index (χ4n) is 2.08. The van der Waals surface area contributed by atoms with E-state index in [0.29, 0.717) is 12.3 Å². The van der Waals surface area contributed by atoms with Gasteiger partial charge in [0.15, 0.2) is 0 Å². The second-order valence-corrected chi connectivity index (χ2v) is 4.36. The van der Waals surface area contributed by atoms with Crippen LogP contribution in [0.1, 0.15) is 37.8 Å². The molecule has 0 aliphatic carbocycles. The van der Waals surface area contributed by atoms with Gasteiger partial charge >= 0.3 is 0 Å². The van der Waals surface area contributed by atoms with E-state index >= 15 is 0 Å². The summed E-state index contributed by atoms with van der Waals surface area (Å²) in [7, 11) is 0. The van der Waals surface area contributed by atoms with Gasteiger partial charge in [-0.1, -0.05) is 26.0 Å². The maximum atomic E-state index is 11.7. The van der Waals surface area contributed by atoms with E-state index in [9.17, 15) is 4.79 Å². The van der Waals surface area contributed by atoms with Crippen molar-refractivity contribution in [2.24, 2.45) is 0 Å². The largest absolute Gasteiger partial charge is 0.312 e. The molecule has 1 aliphatic rings. The van der Waals surface area contributed by atoms with E-state index in [2.05, 4.69) is 32.0 Å². The molecule has 0 fully saturated rings. The zero-order valence-corrected chi connectivity index (χ0v) is 9.58. The Kier molecular flexibility index (Phi) is 2.51. The maximum absolute atomic E-state index is 11.7. The molecule has 0 unspecified atom stereocenters. The van der Waals surface area contributed by atoms with Crippen LogP contribution in [-0.2, 0) is 11.2 Å². The standard InChI is InChI=1S/C13H17NO/c1-4-14-12-7-10(9(2)3)5-6-11(12)8-13(14)15/h5-7,9H,4,8H2,1-3H3. The van der Waals surface area contributed by atoms with Crippen LogP contribution in [0.15, 0.2) is 18.2 Å². The number of amides is 1. The minimum Gasteiger partial charge on any atom is -0.312 e. The molecule has 15 heavy (non-hydrogen) atoms. The topological polar surface area (TPSA) is 20.3 Å². The molecule has 2 nitrogen and oxygen atoms in total. The zero-order valence-electron chi connectivity index (χ0n) is 9.58. The molecule has 2 heteroatoms. The fourth-order valence-corrected chi connectivity index (χ4v) is 2.08. The van der Waals surface area contributed by atoms with Crippen molar-refractivity contribution in [3.8, 4) is 0 Å². The van der Waals surface area contributed by atoms with Gasteiger partial charge in [0.25, 0.3) is 0 Å². The molecule has 1 aromatic rings. The SMILES string of the molecule is CCN1C(=O)Cc2ccc(C(C)C)cc21. The summed E-state index contributed by atoms with van der Waals surface area (Å²) in [6, 6.07) is 6.39. The van der Waals surface area contributed by atoms with Gasteiger partial charge in [0.1, 0.15) is 0 Å². The van der Waals surface area contributed by atoms with Crippen LogP contribution in [0, 0.1) is 0 Å².